The van der Waals surface area contributed by atoms with Crippen molar-refractivity contribution in [3.05, 3.63) is 75.8 Å². The minimum atomic E-state index is 0.0603. The van der Waals surface area contributed by atoms with E-state index in [9.17, 15) is 4.79 Å². The molecule has 0 aliphatic carbocycles. The highest BCUT2D eigenvalue weighted by molar-refractivity contribution is 6.42. The molecule has 0 spiro atoms. The van der Waals surface area contributed by atoms with Gasteiger partial charge < -0.3 is 9.80 Å². The molecule has 0 bridgehead atoms. The van der Waals surface area contributed by atoms with Gasteiger partial charge in [-0.2, -0.15) is 0 Å². The van der Waals surface area contributed by atoms with Crippen LogP contribution >= 0.6 is 23.2 Å². The molecule has 148 valence electrons. The van der Waals surface area contributed by atoms with Crippen molar-refractivity contribution in [3.8, 4) is 0 Å². The lowest BCUT2D eigenvalue weighted by Gasteiger charge is -2.32. The van der Waals surface area contributed by atoms with Gasteiger partial charge in [-0.15, -0.1) is 0 Å². The average Bonchev–Trinajstić information content (AvgIpc) is 3.22. The summed E-state index contributed by atoms with van der Waals surface area (Å²) in [6.07, 6.45) is 6.62. The first-order chi connectivity index (χ1) is 13.5. The summed E-state index contributed by atoms with van der Waals surface area (Å²) in [7, 11) is 1.91. The highest BCUT2D eigenvalue weighted by Crippen LogP contribution is 2.25. The Morgan fingerprint density at radius 2 is 1.82 bits per heavy atom. The van der Waals surface area contributed by atoms with E-state index in [1.807, 2.05) is 48.4 Å². The van der Waals surface area contributed by atoms with Gasteiger partial charge >= 0.3 is 0 Å². The molecular weight excluding hydrogens is 391 g/mol. The lowest BCUT2D eigenvalue weighted by molar-refractivity contribution is -0.131. The van der Waals surface area contributed by atoms with Crippen molar-refractivity contribution in [2.24, 2.45) is 0 Å². The van der Waals surface area contributed by atoms with Crippen LogP contribution in [-0.2, 0) is 4.79 Å². The molecule has 0 aromatic heterocycles. The van der Waals surface area contributed by atoms with Crippen molar-refractivity contribution in [2.45, 2.75) is 25.3 Å². The molecule has 1 amide bonds. The zero-order valence-corrected chi connectivity index (χ0v) is 17.7. The van der Waals surface area contributed by atoms with E-state index in [0.717, 1.165) is 25.2 Å². The average molecular weight is 417 g/mol. The molecular formula is C23H26Cl2N2O. The van der Waals surface area contributed by atoms with Crippen LogP contribution in [0, 0.1) is 0 Å². The van der Waals surface area contributed by atoms with Gasteiger partial charge in [0.2, 0.25) is 5.91 Å². The Labute approximate surface area is 177 Å². The molecule has 5 heteroatoms. The van der Waals surface area contributed by atoms with E-state index in [1.54, 1.807) is 12.1 Å². The van der Waals surface area contributed by atoms with Gasteiger partial charge in [-0.05, 0) is 49.2 Å². The molecule has 3 rings (SSSR count). The number of hydrogen-bond donors (Lipinski definition) is 0. The summed E-state index contributed by atoms with van der Waals surface area (Å²) in [6.45, 7) is 3.11. The normalized spacial score (nSPS) is 15.8. The lowest BCUT2D eigenvalue weighted by Crippen LogP contribution is -2.38. The van der Waals surface area contributed by atoms with Gasteiger partial charge in [0, 0.05) is 20.0 Å². The number of amides is 1. The number of hydrogen-bond acceptors (Lipinski definition) is 2. The van der Waals surface area contributed by atoms with Gasteiger partial charge in [0.1, 0.15) is 0 Å². The summed E-state index contributed by atoms with van der Waals surface area (Å²) < 4.78 is 0. The van der Waals surface area contributed by atoms with Crippen molar-refractivity contribution < 1.29 is 4.79 Å². The minimum absolute atomic E-state index is 0.0603. The topological polar surface area (TPSA) is 23.6 Å². The fraction of sp³-hybridized carbons (Fsp3) is 0.348. The zero-order valence-electron chi connectivity index (χ0n) is 16.2. The molecule has 1 aliphatic rings. The molecule has 28 heavy (non-hydrogen) atoms. The Hall–Kier alpha value is -1.81. The van der Waals surface area contributed by atoms with Crippen LogP contribution in [0.1, 0.15) is 36.4 Å². The summed E-state index contributed by atoms with van der Waals surface area (Å²) >= 11 is 12.0. The van der Waals surface area contributed by atoms with Crippen LogP contribution in [0.15, 0.2) is 54.6 Å². The second-order valence-electron chi connectivity index (χ2n) is 7.22. The van der Waals surface area contributed by atoms with Crippen LogP contribution in [0.3, 0.4) is 0 Å². The zero-order chi connectivity index (χ0) is 19.9. The molecule has 1 fully saturated rings. The standard InChI is InChI=1S/C23H26Cl2N2O/c1-26(23(28)11-7-8-18-12-13-20(24)21(25)16-18)22(17-27-14-5-6-15-27)19-9-3-2-4-10-19/h2-4,7-10,12-13,16,22H,5-6,11,14-15,17H2,1H3/b8-7+/t22-/m1/s1. The van der Waals surface area contributed by atoms with E-state index in [0.29, 0.717) is 16.5 Å². The smallest absolute Gasteiger partial charge is 0.226 e. The van der Waals surface area contributed by atoms with Gasteiger partial charge in [0.15, 0.2) is 0 Å². The van der Waals surface area contributed by atoms with E-state index >= 15 is 0 Å². The van der Waals surface area contributed by atoms with Crippen molar-refractivity contribution >= 4 is 35.2 Å². The summed E-state index contributed by atoms with van der Waals surface area (Å²) in [5.41, 5.74) is 2.11. The molecule has 1 saturated heterocycles. The summed E-state index contributed by atoms with van der Waals surface area (Å²) in [5, 5.41) is 1.05. The lowest BCUT2D eigenvalue weighted by atomic mass is 10.0. The summed E-state index contributed by atoms with van der Waals surface area (Å²) in [4.78, 5) is 17.2. The van der Waals surface area contributed by atoms with E-state index in [-0.39, 0.29) is 11.9 Å². The SMILES string of the molecule is CN(C(=O)C/C=C/c1ccc(Cl)c(Cl)c1)[C@H](CN1CCCC1)c1ccccc1. The fourth-order valence-electron chi connectivity index (χ4n) is 3.57. The van der Waals surface area contributed by atoms with Gasteiger partial charge in [0.25, 0.3) is 0 Å². The first-order valence-corrected chi connectivity index (χ1v) is 10.4. The second kappa shape index (κ2) is 10.1. The number of nitrogens with zero attached hydrogens (tertiary/aromatic N) is 2. The molecule has 0 saturated carbocycles. The fourth-order valence-corrected chi connectivity index (χ4v) is 3.87. The molecule has 1 heterocycles. The van der Waals surface area contributed by atoms with Gasteiger partial charge in [-0.3, -0.25) is 4.79 Å². The number of rotatable bonds is 7. The predicted molar refractivity (Wildman–Crippen MR) is 118 cm³/mol. The third kappa shape index (κ3) is 5.60. The summed E-state index contributed by atoms with van der Waals surface area (Å²) in [6, 6.07) is 15.8. The number of benzene rings is 2. The molecule has 2 aromatic rings. The molecule has 2 aromatic carbocycles. The second-order valence-corrected chi connectivity index (χ2v) is 8.03. The molecule has 3 nitrogen and oxygen atoms in total. The number of carbonyl (C=O) groups excluding carboxylic acids is 1. The van der Waals surface area contributed by atoms with Crippen LogP contribution in [-0.4, -0.2) is 42.4 Å². The van der Waals surface area contributed by atoms with E-state index < -0.39 is 0 Å². The Morgan fingerprint density at radius 3 is 2.50 bits per heavy atom. The van der Waals surface area contributed by atoms with Crippen LogP contribution in [0.25, 0.3) is 6.08 Å². The van der Waals surface area contributed by atoms with Crippen LogP contribution in [0.4, 0.5) is 0 Å². The maximum atomic E-state index is 12.9. The maximum absolute atomic E-state index is 12.9. The molecule has 1 aliphatic heterocycles. The Kier molecular flexibility index (Phi) is 7.55. The Bertz CT molecular complexity index is 817. The first-order valence-electron chi connectivity index (χ1n) is 9.69. The summed E-state index contributed by atoms with van der Waals surface area (Å²) in [5.74, 6) is 0.101. The number of carbonyl (C=O) groups is 1. The van der Waals surface area contributed by atoms with E-state index in [4.69, 9.17) is 23.2 Å². The maximum Gasteiger partial charge on any atom is 0.226 e. The van der Waals surface area contributed by atoms with Gasteiger partial charge in [-0.25, -0.2) is 0 Å². The Morgan fingerprint density at radius 1 is 1.11 bits per heavy atom. The molecule has 0 N–H and O–H groups in total. The van der Waals surface area contributed by atoms with E-state index in [2.05, 4.69) is 17.0 Å². The highest BCUT2D eigenvalue weighted by Gasteiger charge is 2.24. The molecule has 0 radical (unpaired) electrons. The number of likely N-dealkylation sites (N-methyl/N-ethyl adjacent to an activating group) is 1. The number of halogens is 2. The molecule has 1 atom stereocenters. The predicted octanol–water partition coefficient (Wildman–Crippen LogP) is 5.69. The highest BCUT2D eigenvalue weighted by atomic mass is 35.5. The van der Waals surface area contributed by atoms with Crippen molar-refractivity contribution in [1.29, 1.82) is 0 Å². The largest absolute Gasteiger partial charge is 0.337 e. The van der Waals surface area contributed by atoms with Crippen molar-refractivity contribution in [2.75, 3.05) is 26.7 Å². The minimum Gasteiger partial charge on any atom is -0.337 e. The van der Waals surface area contributed by atoms with Crippen LogP contribution in [0.2, 0.25) is 10.0 Å². The van der Waals surface area contributed by atoms with Gasteiger partial charge in [-0.1, -0.05) is 71.8 Å². The first kappa shape index (κ1) is 20.9. The quantitative estimate of drug-likeness (QED) is 0.578. The van der Waals surface area contributed by atoms with Gasteiger partial charge in [0.05, 0.1) is 16.1 Å². The third-order valence-electron chi connectivity index (χ3n) is 5.22. The van der Waals surface area contributed by atoms with Crippen molar-refractivity contribution in [1.82, 2.24) is 9.80 Å². The van der Waals surface area contributed by atoms with Crippen LogP contribution in [0.5, 0.6) is 0 Å². The molecule has 0 unspecified atom stereocenters. The van der Waals surface area contributed by atoms with E-state index in [1.165, 1.54) is 18.4 Å². The van der Waals surface area contributed by atoms with Crippen LogP contribution < -0.4 is 0 Å². The Balaban J connectivity index is 1.66. The number of likely N-dealkylation sites (tertiary alicyclic amines) is 1. The monoisotopic (exact) mass is 416 g/mol. The van der Waals surface area contributed by atoms with Crippen molar-refractivity contribution in [3.63, 3.8) is 0 Å². The third-order valence-corrected chi connectivity index (χ3v) is 5.96.